The van der Waals surface area contributed by atoms with Crippen LogP contribution in [0.4, 0.5) is 0 Å². The van der Waals surface area contributed by atoms with Crippen LogP contribution >= 0.6 is 0 Å². The van der Waals surface area contributed by atoms with Crippen LogP contribution in [-0.4, -0.2) is 50.9 Å². The zero-order valence-electron chi connectivity index (χ0n) is 9.33. The minimum atomic E-state index is -0.778. The molecule has 2 heterocycles. The van der Waals surface area contributed by atoms with Crippen molar-refractivity contribution >= 4 is 5.97 Å². The van der Waals surface area contributed by atoms with Gasteiger partial charge in [0.05, 0.1) is 12.0 Å². The summed E-state index contributed by atoms with van der Waals surface area (Å²) < 4.78 is 1.72. The second-order valence-electron chi connectivity index (χ2n) is 4.44. The zero-order valence-corrected chi connectivity index (χ0v) is 9.33. The minimum Gasteiger partial charge on any atom is -0.481 e. The summed E-state index contributed by atoms with van der Waals surface area (Å²) in [6, 6.07) is 0. The summed E-state index contributed by atoms with van der Waals surface area (Å²) in [6.45, 7) is 1.79. The molecular weight excluding hydrogens is 208 g/mol. The highest BCUT2D eigenvalue weighted by molar-refractivity contribution is 5.68. The molecule has 1 fully saturated rings. The van der Waals surface area contributed by atoms with Gasteiger partial charge < -0.3 is 10.0 Å². The Labute approximate surface area is 93.9 Å². The molecule has 0 atom stereocenters. The molecule has 1 N–H and O–H groups in total. The van der Waals surface area contributed by atoms with Crippen LogP contribution in [0.5, 0.6) is 0 Å². The van der Waals surface area contributed by atoms with Gasteiger partial charge in [0.2, 0.25) is 0 Å². The van der Waals surface area contributed by atoms with E-state index in [-0.39, 0.29) is 6.42 Å². The molecule has 0 unspecified atom stereocenters. The van der Waals surface area contributed by atoms with Gasteiger partial charge in [-0.05, 0) is 19.9 Å². The monoisotopic (exact) mass is 224 g/mol. The van der Waals surface area contributed by atoms with Crippen LogP contribution < -0.4 is 0 Å². The summed E-state index contributed by atoms with van der Waals surface area (Å²) in [7, 11) is 2.05. The molecule has 16 heavy (non-hydrogen) atoms. The van der Waals surface area contributed by atoms with E-state index in [1.807, 2.05) is 7.05 Å². The van der Waals surface area contributed by atoms with Gasteiger partial charge in [-0.3, -0.25) is 4.79 Å². The topological polar surface area (TPSA) is 71.2 Å². The molecule has 1 aliphatic heterocycles. The average Bonchev–Trinajstić information content (AvgIpc) is 2.75. The van der Waals surface area contributed by atoms with Crippen LogP contribution in [0.1, 0.15) is 19.3 Å². The molecule has 0 aromatic carbocycles. The van der Waals surface area contributed by atoms with Gasteiger partial charge in [-0.1, -0.05) is 0 Å². The molecule has 1 aliphatic rings. The third kappa shape index (κ3) is 2.06. The fourth-order valence-electron chi connectivity index (χ4n) is 2.26. The number of piperidine rings is 1. The first-order valence-corrected chi connectivity index (χ1v) is 5.38. The third-order valence-corrected chi connectivity index (χ3v) is 3.30. The molecule has 1 saturated heterocycles. The van der Waals surface area contributed by atoms with Crippen molar-refractivity contribution in [2.45, 2.75) is 24.8 Å². The third-order valence-electron chi connectivity index (χ3n) is 3.30. The lowest BCUT2D eigenvalue weighted by atomic mass is 9.84. The average molecular weight is 224 g/mol. The molecule has 2 rings (SSSR count). The molecule has 6 heteroatoms. The van der Waals surface area contributed by atoms with Gasteiger partial charge in [0.1, 0.15) is 12.7 Å². The van der Waals surface area contributed by atoms with Crippen LogP contribution in [0.25, 0.3) is 0 Å². The SMILES string of the molecule is CN1CCC(CC(=O)O)(n2cncn2)CC1. The Bertz CT molecular complexity index is 355. The second kappa shape index (κ2) is 4.21. The first-order chi connectivity index (χ1) is 7.62. The summed E-state index contributed by atoms with van der Waals surface area (Å²) in [6.07, 6.45) is 4.80. The Hall–Kier alpha value is -1.43. The number of carboxylic acid groups (broad SMARTS) is 1. The first-order valence-electron chi connectivity index (χ1n) is 5.38. The highest BCUT2D eigenvalue weighted by Gasteiger charge is 2.38. The van der Waals surface area contributed by atoms with E-state index in [9.17, 15) is 4.79 Å². The zero-order chi connectivity index (χ0) is 11.6. The molecule has 1 aromatic heterocycles. The summed E-state index contributed by atoms with van der Waals surface area (Å²) in [5.41, 5.74) is -0.394. The number of carbonyl (C=O) groups is 1. The van der Waals surface area contributed by atoms with Gasteiger partial charge in [-0.15, -0.1) is 0 Å². The van der Waals surface area contributed by atoms with Gasteiger partial charge >= 0.3 is 5.97 Å². The maximum atomic E-state index is 11.0. The van der Waals surface area contributed by atoms with E-state index in [2.05, 4.69) is 15.0 Å². The molecule has 0 aliphatic carbocycles. The van der Waals surface area contributed by atoms with E-state index in [1.165, 1.54) is 6.33 Å². The van der Waals surface area contributed by atoms with Crippen molar-refractivity contribution in [2.75, 3.05) is 20.1 Å². The number of hydrogen-bond donors (Lipinski definition) is 1. The van der Waals surface area contributed by atoms with Crippen molar-refractivity contribution in [1.82, 2.24) is 19.7 Å². The highest BCUT2D eigenvalue weighted by atomic mass is 16.4. The standard InChI is InChI=1S/C10H16N4O2/c1-13-4-2-10(3-5-13,6-9(15)16)14-8-11-7-12-14/h7-8H,2-6H2,1H3,(H,15,16). The van der Waals surface area contributed by atoms with E-state index in [4.69, 9.17) is 5.11 Å². The fraction of sp³-hybridized carbons (Fsp3) is 0.700. The van der Waals surface area contributed by atoms with Gasteiger partial charge in [-0.2, -0.15) is 5.10 Å². The molecule has 88 valence electrons. The van der Waals surface area contributed by atoms with Gasteiger partial charge in [0.25, 0.3) is 0 Å². The molecule has 0 saturated carbocycles. The lowest BCUT2D eigenvalue weighted by molar-refractivity contribution is -0.140. The molecule has 0 radical (unpaired) electrons. The molecule has 0 bridgehead atoms. The normalized spacial score (nSPS) is 20.8. The van der Waals surface area contributed by atoms with Gasteiger partial charge in [-0.25, -0.2) is 9.67 Å². The van der Waals surface area contributed by atoms with Crippen LogP contribution in [0.2, 0.25) is 0 Å². The lowest BCUT2D eigenvalue weighted by Crippen LogP contribution is -2.46. The Kier molecular flexibility index (Phi) is 2.91. The van der Waals surface area contributed by atoms with Crippen molar-refractivity contribution in [3.63, 3.8) is 0 Å². The molecular formula is C10H16N4O2. The molecule has 1 aromatic rings. The maximum Gasteiger partial charge on any atom is 0.305 e. The van der Waals surface area contributed by atoms with Crippen molar-refractivity contribution in [3.05, 3.63) is 12.7 Å². The Morgan fingerprint density at radius 1 is 1.50 bits per heavy atom. The number of hydrogen-bond acceptors (Lipinski definition) is 4. The largest absolute Gasteiger partial charge is 0.481 e. The second-order valence-corrected chi connectivity index (χ2v) is 4.44. The minimum absolute atomic E-state index is 0.115. The van der Waals surface area contributed by atoms with Gasteiger partial charge in [0.15, 0.2) is 0 Å². The summed E-state index contributed by atoms with van der Waals surface area (Å²) >= 11 is 0. The number of aliphatic carboxylic acids is 1. The van der Waals surface area contributed by atoms with E-state index in [1.54, 1.807) is 11.0 Å². The van der Waals surface area contributed by atoms with Crippen LogP contribution in [0, 0.1) is 0 Å². The predicted molar refractivity (Wildman–Crippen MR) is 57.0 cm³/mol. The Balaban J connectivity index is 2.23. The van der Waals surface area contributed by atoms with Crippen molar-refractivity contribution in [3.8, 4) is 0 Å². The van der Waals surface area contributed by atoms with Crippen molar-refractivity contribution in [2.24, 2.45) is 0 Å². The summed E-state index contributed by atoms with van der Waals surface area (Å²) in [4.78, 5) is 17.1. The molecule has 0 spiro atoms. The number of carboxylic acids is 1. The van der Waals surface area contributed by atoms with Gasteiger partial charge in [0, 0.05) is 13.1 Å². The number of rotatable bonds is 3. The van der Waals surface area contributed by atoms with Crippen molar-refractivity contribution in [1.29, 1.82) is 0 Å². The molecule has 6 nitrogen and oxygen atoms in total. The highest BCUT2D eigenvalue weighted by Crippen LogP contribution is 2.32. The fourth-order valence-corrected chi connectivity index (χ4v) is 2.26. The van der Waals surface area contributed by atoms with Crippen LogP contribution in [-0.2, 0) is 10.3 Å². The quantitative estimate of drug-likeness (QED) is 0.792. The number of likely N-dealkylation sites (tertiary alicyclic amines) is 1. The lowest BCUT2D eigenvalue weighted by Gasteiger charge is -2.39. The van der Waals surface area contributed by atoms with E-state index in [0.29, 0.717) is 0 Å². The van der Waals surface area contributed by atoms with Crippen LogP contribution in [0.15, 0.2) is 12.7 Å². The van der Waals surface area contributed by atoms with E-state index >= 15 is 0 Å². The van der Waals surface area contributed by atoms with E-state index in [0.717, 1.165) is 25.9 Å². The smallest absolute Gasteiger partial charge is 0.305 e. The maximum absolute atomic E-state index is 11.0. The summed E-state index contributed by atoms with van der Waals surface area (Å²) in [5, 5.41) is 13.1. The first kappa shape index (κ1) is 11.1. The Morgan fingerprint density at radius 3 is 2.69 bits per heavy atom. The van der Waals surface area contributed by atoms with E-state index < -0.39 is 11.5 Å². The predicted octanol–water partition coefficient (Wildman–Crippen LogP) is 0.174. The number of nitrogens with zero attached hydrogens (tertiary/aromatic N) is 4. The van der Waals surface area contributed by atoms with Crippen LogP contribution in [0.3, 0.4) is 0 Å². The van der Waals surface area contributed by atoms with Crippen molar-refractivity contribution < 1.29 is 9.90 Å². The Morgan fingerprint density at radius 2 is 2.19 bits per heavy atom. The molecule has 0 amide bonds. The number of aromatic nitrogens is 3. The summed E-state index contributed by atoms with van der Waals surface area (Å²) in [5.74, 6) is -0.778.